The average Bonchev–Trinajstić information content (AvgIpc) is 3.01. The van der Waals surface area contributed by atoms with Crippen LogP contribution in [0.3, 0.4) is 0 Å². The Balaban J connectivity index is 1.65. The van der Waals surface area contributed by atoms with Gasteiger partial charge in [-0.3, -0.25) is 0 Å². The number of H-pyrrole nitrogens is 1. The molecule has 0 unspecified atom stereocenters. The lowest BCUT2D eigenvalue weighted by atomic mass is 10.1. The number of hydrogen-bond donors (Lipinski definition) is 1. The Hall–Kier alpha value is -1.82. The third-order valence-corrected chi connectivity index (χ3v) is 3.67. The standard InChI is InChI=1S/C14H16N4OS/c1-9(2)7-13-17-12(18-19-13)8-20-14-15-10-5-3-4-6-11(10)16-14/h3-6,9H,7-8H2,1-2H3,(H,15,16). The Morgan fingerprint density at radius 2 is 2.10 bits per heavy atom. The number of benzene rings is 1. The third kappa shape index (κ3) is 3.01. The lowest BCUT2D eigenvalue weighted by Gasteiger charge is -1.96. The van der Waals surface area contributed by atoms with Gasteiger partial charge in [0, 0.05) is 6.42 Å². The minimum absolute atomic E-state index is 0.520. The van der Waals surface area contributed by atoms with Gasteiger partial charge in [-0.15, -0.1) is 0 Å². The first-order valence-corrected chi connectivity index (χ1v) is 7.58. The van der Waals surface area contributed by atoms with Crippen LogP contribution < -0.4 is 0 Å². The monoisotopic (exact) mass is 288 g/mol. The van der Waals surface area contributed by atoms with E-state index in [-0.39, 0.29) is 0 Å². The molecular formula is C14H16N4OS. The molecule has 0 saturated heterocycles. The smallest absolute Gasteiger partial charge is 0.226 e. The molecule has 0 aliphatic carbocycles. The van der Waals surface area contributed by atoms with Crippen LogP contribution in [0.25, 0.3) is 11.0 Å². The largest absolute Gasteiger partial charge is 0.339 e. The van der Waals surface area contributed by atoms with E-state index in [0.29, 0.717) is 23.4 Å². The van der Waals surface area contributed by atoms with Gasteiger partial charge in [-0.05, 0) is 18.1 Å². The fraction of sp³-hybridized carbons (Fsp3) is 0.357. The van der Waals surface area contributed by atoms with Crippen molar-refractivity contribution in [2.24, 2.45) is 5.92 Å². The van der Waals surface area contributed by atoms with Crippen LogP contribution in [-0.2, 0) is 12.2 Å². The topological polar surface area (TPSA) is 67.6 Å². The van der Waals surface area contributed by atoms with Crippen molar-refractivity contribution in [3.05, 3.63) is 36.0 Å². The van der Waals surface area contributed by atoms with Crippen molar-refractivity contribution in [1.82, 2.24) is 20.1 Å². The van der Waals surface area contributed by atoms with Gasteiger partial charge in [0.05, 0.1) is 16.8 Å². The number of imidazole rings is 1. The van der Waals surface area contributed by atoms with E-state index >= 15 is 0 Å². The van der Waals surface area contributed by atoms with E-state index in [1.165, 1.54) is 0 Å². The molecule has 20 heavy (non-hydrogen) atoms. The Morgan fingerprint density at radius 3 is 2.90 bits per heavy atom. The van der Waals surface area contributed by atoms with Crippen LogP contribution in [0.15, 0.2) is 33.9 Å². The molecule has 1 aromatic carbocycles. The maximum absolute atomic E-state index is 5.22. The van der Waals surface area contributed by atoms with E-state index in [1.807, 2.05) is 24.3 Å². The number of aromatic amines is 1. The number of nitrogens with zero attached hydrogens (tertiary/aromatic N) is 3. The van der Waals surface area contributed by atoms with Gasteiger partial charge in [0.15, 0.2) is 11.0 Å². The van der Waals surface area contributed by atoms with E-state index in [2.05, 4.69) is 34.0 Å². The van der Waals surface area contributed by atoms with Crippen molar-refractivity contribution in [3.8, 4) is 0 Å². The highest BCUT2D eigenvalue weighted by Gasteiger charge is 2.10. The molecule has 1 N–H and O–H groups in total. The van der Waals surface area contributed by atoms with Gasteiger partial charge in [0.1, 0.15) is 0 Å². The Labute approximate surface area is 121 Å². The summed E-state index contributed by atoms with van der Waals surface area (Å²) in [6.07, 6.45) is 0.822. The van der Waals surface area contributed by atoms with Gasteiger partial charge in [-0.2, -0.15) is 4.98 Å². The van der Waals surface area contributed by atoms with Gasteiger partial charge >= 0.3 is 0 Å². The van der Waals surface area contributed by atoms with E-state index in [4.69, 9.17) is 4.52 Å². The van der Waals surface area contributed by atoms with E-state index in [0.717, 1.165) is 22.6 Å². The summed E-state index contributed by atoms with van der Waals surface area (Å²) >= 11 is 1.58. The zero-order valence-corrected chi connectivity index (χ0v) is 12.3. The normalized spacial score (nSPS) is 11.6. The van der Waals surface area contributed by atoms with Crippen molar-refractivity contribution >= 4 is 22.8 Å². The summed E-state index contributed by atoms with van der Waals surface area (Å²) in [5, 5.41) is 4.87. The molecule has 3 rings (SSSR count). The molecule has 0 aliphatic rings. The molecule has 2 heterocycles. The van der Waals surface area contributed by atoms with E-state index < -0.39 is 0 Å². The molecule has 3 aromatic rings. The third-order valence-electron chi connectivity index (χ3n) is 2.80. The van der Waals surface area contributed by atoms with Gasteiger partial charge in [0.2, 0.25) is 5.89 Å². The van der Waals surface area contributed by atoms with Crippen molar-refractivity contribution in [3.63, 3.8) is 0 Å². The zero-order chi connectivity index (χ0) is 13.9. The first-order chi connectivity index (χ1) is 9.70. The quantitative estimate of drug-likeness (QED) is 0.728. The molecule has 5 nitrogen and oxygen atoms in total. The van der Waals surface area contributed by atoms with Gasteiger partial charge in [-0.1, -0.05) is 42.9 Å². The highest BCUT2D eigenvalue weighted by atomic mass is 32.2. The first kappa shape index (κ1) is 13.2. The molecule has 0 spiro atoms. The fourth-order valence-corrected chi connectivity index (χ4v) is 2.64. The molecule has 104 valence electrons. The van der Waals surface area contributed by atoms with Crippen LogP contribution in [-0.4, -0.2) is 20.1 Å². The zero-order valence-electron chi connectivity index (χ0n) is 11.5. The van der Waals surface area contributed by atoms with Crippen molar-refractivity contribution in [2.75, 3.05) is 0 Å². The summed E-state index contributed by atoms with van der Waals surface area (Å²) in [6, 6.07) is 7.98. The van der Waals surface area contributed by atoms with Crippen molar-refractivity contribution in [1.29, 1.82) is 0 Å². The first-order valence-electron chi connectivity index (χ1n) is 6.59. The molecule has 0 aliphatic heterocycles. The van der Waals surface area contributed by atoms with Crippen LogP contribution in [0.4, 0.5) is 0 Å². The molecule has 0 amide bonds. The van der Waals surface area contributed by atoms with Crippen LogP contribution in [0.1, 0.15) is 25.6 Å². The Bertz CT molecular complexity index is 671. The molecule has 0 bridgehead atoms. The highest BCUT2D eigenvalue weighted by Crippen LogP contribution is 2.22. The molecule has 0 atom stereocenters. The lowest BCUT2D eigenvalue weighted by molar-refractivity contribution is 0.360. The highest BCUT2D eigenvalue weighted by molar-refractivity contribution is 7.98. The Kier molecular flexibility index (Phi) is 3.73. The lowest BCUT2D eigenvalue weighted by Crippen LogP contribution is -1.94. The second kappa shape index (κ2) is 5.66. The van der Waals surface area contributed by atoms with Crippen LogP contribution in [0, 0.1) is 5.92 Å². The summed E-state index contributed by atoms with van der Waals surface area (Å²) < 4.78 is 5.22. The van der Waals surface area contributed by atoms with Gasteiger partial charge in [0.25, 0.3) is 0 Å². The number of para-hydroxylation sites is 2. The van der Waals surface area contributed by atoms with Gasteiger partial charge < -0.3 is 9.51 Å². The summed E-state index contributed by atoms with van der Waals surface area (Å²) in [7, 11) is 0. The summed E-state index contributed by atoms with van der Waals surface area (Å²) in [6.45, 7) is 4.26. The molecule has 0 fully saturated rings. The van der Waals surface area contributed by atoms with Crippen molar-refractivity contribution < 1.29 is 4.52 Å². The number of thioether (sulfide) groups is 1. The van der Waals surface area contributed by atoms with E-state index in [9.17, 15) is 0 Å². The number of nitrogens with one attached hydrogen (secondary N) is 1. The van der Waals surface area contributed by atoms with Crippen LogP contribution in [0.5, 0.6) is 0 Å². The van der Waals surface area contributed by atoms with E-state index in [1.54, 1.807) is 11.8 Å². The maximum Gasteiger partial charge on any atom is 0.226 e. The SMILES string of the molecule is CC(C)Cc1nc(CSc2nc3ccccc3[nH]2)no1. The maximum atomic E-state index is 5.22. The predicted octanol–water partition coefficient (Wildman–Crippen LogP) is 3.44. The van der Waals surface area contributed by atoms with Crippen molar-refractivity contribution in [2.45, 2.75) is 31.2 Å². The number of hydrogen-bond acceptors (Lipinski definition) is 5. The second-order valence-corrected chi connectivity index (χ2v) is 6.01. The molecular weight excluding hydrogens is 272 g/mol. The average molecular weight is 288 g/mol. The predicted molar refractivity (Wildman–Crippen MR) is 78.5 cm³/mol. The fourth-order valence-electron chi connectivity index (χ4n) is 1.91. The molecule has 6 heteroatoms. The summed E-state index contributed by atoms with van der Waals surface area (Å²) in [4.78, 5) is 12.2. The second-order valence-electron chi connectivity index (χ2n) is 5.05. The molecule has 0 radical (unpaired) electrons. The molecule has 2 aromatic heterocycles. The molecule has 0 saturated carbocycles. The number of fused-ring (bicyclic) bond motifs is 1. The van der Waals surface area contributed by atoms with Crippen LogP contribution >= 0.6 is 11.8 Å². The van der Waals surface area contributed by atoms with Gasteiger partial charge in [-0.25, -0.2) is 4.98 Å². The number of rotatable bonds is 5. The minimum Gasteiger partial charge on any atom is -0.339 e. The minimum atomic E-state index is 0.520. The Morgan fingerprint density at radius 1 is 1.25 bits per heavy atom. The number of aromatic nitrogens is 4. The summed E-state index contributed by atoms with van der Waals surface area (Å²) in [5.74, 6) is 2.60. The van der Waals surface area contributed by atoms with Crippen LogP contribution in [0.2, 0.25) is 0 Å². The summed E-state index contributed by atoms with van der Waals surface area (Å²) in [5.41, 5.74) is 2.02.